The SMILES string of the molecule is CCNc1ncc([N+](=O)[O-])c(NCC(=O)N(C)C)n1. The molecule has 0 bridgehead atoms. The quantitative estimate of drug-likeness (QED) is 0.564. The second-order valence-electron chi connectivity index (χ2n) is 3.86. The van der Waals surface area contributed by atoms with Crippen molar-refractivity contribution in [3.05, 3.63) is 16.3 Å². The average molecular weight is 268 g/mol. The molecule has 0 saturated carbocycles. The third kappa shape index (κ3) is 4.05. The standard InChI is InChI=1S/C10H16N6O3/c1-4-11-10-13-5-7(16(18)19)9(14-10)12-6-8(17)15(2)3/h5H,4,6H2,1-3H3,(H2,11,12,13,14). The molecule has 9 heteroatoms. The van der Waals surface area contributed by atoms with Gasteiger partial charge in [0, 0.05) is 20.6 Å². The van der Waals surface area contributed by atoms with E-state index >= 15 is 0 Å². The second-order valence-corrected chi connectivity index (χ2v) is 3.86. The zero-order chi connectivity index (χ0) is 14.4. The van der Waals surface area contributed by atoms with Gasteiger partial charge in [0.2, 0.25) is 17.7 Å². The van der Waals surface area contributed by atoms with Gasteiger partial charge in [-0.05, 0) is 6.92 Å². The van der Waals surface area contributed by atoms with Crippen molar-refractivity contribution in [2.75, 3.05) is 37.8 Å². The van der Waals surface area contributed by atoms with Crippen molar-refractivity contribution in [3.8, 4) is 0 Å². The summed E-state index contributed by atoms with van der Waals surface area (Å²) in [5, 5.41) is 16.3. The Hall–Kier alpha value is -2.45. The molecule has 0 aromatic carbocycles. The van der Waals surface area contributed by atoms with E-state index in [0.717, 1.165) is 6.20 Å². The first-order valence-corrected chi connectivity index (χ1v) is 5.65. The fourth-order valence-corrected chi connectivity index (χ4v) is 1.20. The first kappa shape index (κ1) is 14.6. The van der Waals surface area contributed by atoms with Crippen LogP contribution in [0.2, 0.25) is 0 Å². The van der Waals surface area contributed by atoms with Gasteiger partial charge in [-0.25, -0.2) is 4.98 Å². The van der Waals surface area contributed by atoms with E-state index in [-0.39, 0.29) is 29.9 Å². The normalized spacial score (nSPS) is 9.84. The number of amides is 1. The fraction of sp³-hybridized carbons (Fsp3) is 0.500. The van der Waals surface area contributed by atoms with Gasteiger partial charge < -0.3 is 15.5 Å². The molecule has 0 saturated heterocycles. The van der Waals surface area contributed by atoms with Crippen LogP contribution in [0.4, 0.5) is 17.5 Å². The number of anilines is 2. The minimum absolute atomic E-state index is 0.0196. The lowest BCUT2D eigenvalue weighted by Gasteiger charge is -2.11. The minimum Gasteiger partial charge on any atom is -0.355 e. The summed E-state index contributed by atoms with van der Waals surface area (Å²) in [5.41, 5.74) is -0.270. The van der Waals surface area contributed by atoms with E-state index in [2.05, 4.69) is 20.6 Å². The number of nitrogens with one attached hydrogen (secondary N) is 2. The Labute approximate surface area is 110 Å². The van der Waals surface area contributed by atoms with E-state index in [0.29, 0.717) is 6.54 Å². The number of hydrogen-bond donors (Lipinski definition) is 2. The predicted octanol–water partition coefficient (Wildman–Crippen LogP) is 0.317. The molecule has 1 amide bonds. The van der Waals surface area contributed by atoms with Crippen molar-refractivity contribution in [1.82, 2.24) is 14.9 Å². The molecule has 1 aromatic heterocycles. The van der Waals surface area contributed by atoms with E-state index in [1.807, 2.05) is 6.92 Å². The molecule has 1 heterocycles. The van der Waals surface area contributed by atoms with Gasteiger partial charge in [0.25, 0.3) is 0 Å². The molecule has 9 nitrogen and oxygen atoms in total. The molecule has 0 spiro atoms. The van der Waals surface area contributed by atoms with Crippen LogP contribution in [0.3, 0.4) is 0 Å². The van der Waals surface area contributed by atoms with Gasteiger partial charge in [0.05, 0.1) is 11.5 Å². The zero-order valence-corrected chi connectivity index (χ0v) is 11.0. The van der Waals surface area contributed by atoms with Crippen LogP contribution in [0.1, 0.15) is 6.92 Å². The topological polar surface area (TPSA) is 113 Å². The molecule has 0 unspecified atom stereocenters. The molecule has 104 valence electrons. The molecule has 0 radical (unpaired) electrons. The smallest absolute Gasteiger partial charge is 0.329 e. The summed E-state index contributed by atoms with van der Waals surface area (Å²) >= 11 is 0. The highest BCUT2D eigenvalue weighted by atomic mass is 16.6. The number of carbonyl (C=O) groups excluding carboxylic acids is 1. The number of nitro groups is 1. The summed E-state index contributed by atoms with van der Waals surface area (Å²) in [6.45, 7) is 2.37. The Balaban J connectivity index is 2.91. The summed E-state index contributed by atoms with van der Waals surface area (Å²) in [7, 11) is 3.20. The van der Waals surface area contributed by atoms with Gasteiger partial charge in [-0.2, -0.15) is 4.98 Å². The van der Waals surface area contributed by atoms with Crippen molar-refractivity contribution in [2.24, 2.45) is 0 Å². The summed E-state index contributed by atoms with van der Waals surface area (Å²) in [6.07, 6.45) is 1.10. The molecule has 1 rings (SSSR count). The Morgan fingerprint density at radius 1 is 1.47 bits per heavy atom. The highest BCUT2D eigenvalue weighted by Gasteiger charge is 2.18. The van der Waals surface area contributed by atoms with Crippen LogP contribution in [0.25, 0.3) is 0 Å². The molecule has 0 aliphatic carbocycles. The van der Waals surface area contributed by atoms with Crippen molar-refractivity contribution in [3.63, 3.8) is 0 Å². The van der Waals surface area contributed by atoms with Gasteiger partial charge >= 0.3 is 5.69 Å². The van der Waals surface area contributed by atoms with Crippen LogP contribution in [0.5, 0.6) is 0 Å². The highest BCUT2D eigenvalue weighted by molar-refractivity contribution is 5.80. The molecule has 1 aromatic rings. The molecule has 19 heavy (non-hydrogen) atoms. The van der Waals surface area contributed by atoms with Crippen LogP contribution in [-0.2, 0) is 4.79 Å². The van der Waals surface area contributed by atoms with Gasteiger partial charge in [0.15, 0.2) is 0 Å². The van der Waals surface area contributed by atoms with E-state index < -0.39 is 4.92 Å². The third-order valence-corrected chi connectivity index (χ3v) is 2.21. The maximum Gasteiger partial charge on any atom is 0.329 e. The van der Waals surface area contributed by atoms with Crippen LogP contribution in [0, 0.1) is 10.1 Å². The molecular formula is C10H16N6O3. The predicted molar refractivity (Wildman–Crippen MR) is 70.0 cm³/mol. The largest absolute Gasteiger partial charge is 0.355 e. The Morgan fingerprint density at radius 2 is 2.16 bits per heavy atom. The Kier molecular flexibility index (Phi) is 4.98. The monoisotopic (exact) mass is 268 g/mol. The molecule has 0 fully saturated rings. The highest BCUT2D eigenvalue weighted by Crippen LogP contribution is 2.21. The lowest BCUT2D eigenvalue weighted by Crippen LogP contribution is -2.29. The molecule has 2 N–H and O–H groups in total. The van der Waals surface area contributed by atoms with Crippen LogP contribution >= 0.6 is 0 Å². The van der Waals surface area contributed by atoms with Gasteiger partial charge in [-0.3, -0.25) is 14.9 Å². The Bertz CT molecular complexity index is 476. The third-order valence-electron chi connectivity index (χ3n) is 2.21. The molecule has 0 aliphatic heterocycles. The molecule has 0 atom stereocenters. The number of hydrogen-bond acceptors (Lipinski definition) is 7. The van der Waals surface area contributed by atoms with Crippen molar-refractivity contribution in [1.29, 1.82) is 0 Å². The van der Waals surface area contributed by atoms with Crippen molar-refractivity contribution < 1.29 is 9.72 Å². The minimum atomic E-state index is -0.599. The van der Waals surface area contributed by atoms with Crippen molar-refractivity contribution >= 4 is 23.4 Å². The van der Waals surface area contributed by atoms with Crippen molar-refractivity contribution in [2.45, 2.75) is 6.92 Å². The first-order valence-electron chi connectivity index (χ1n) is 5.65. The summed E-state index contributed by atoms with van der Waals surface area (Å²) in [6, 6.07) is 0. The number of likely N-dealkylation sites (N-methyl/N-ethyl adjacent to an activating group) is 1. The Morgan fingerprint density at radius 3 is 2.68 bits per heavy atom. The summed E-state index contributed by atoms with van der Waals surface area (Å²) in [4.78, 5) is 30.8. The maximum atomic E-state index is 11.4. The average Bonchev–Trinajstić information content (AvgIpc) is 2.36. The number of rotatable bonds is 6. The van der Waals surface area contributed by atoms with Gasteiger partial charge in [0.1, 0.15) is 6.20 Å². The second kappa shape index (κ2) is 6.47. The number of carbonyl (C=O) groups is 1. The van der Waals surface area contributed by atoms with Crippen LogP contribution in [0.15, 0.2) is 6.20 Å². The molecular weight excluding hydrogens is 252 g/mol. The summed E-state index contributed by atoms with van der Waals surface area (Å²) < 4.78 is 0. The van der Waals surface area contributed by atoms with Crippen LogP contribution in [-0.4, -0.2) is 52.9 Å². The van der Waals surface area contributed by atoms with Crippen LogP contribution < -0.4 is 10.6 Å². The van der Waals surface area contributed by atoms with E-state index in [4.69, 9.17) is 0 Å². The van der Waals surface area contributed by atoms with Gasteiger partial charge in [-0.1, -0.05) is 0 Å². The van der Waals surface area contributed by atoms with E-state index in [1.165, 1.54) is 4.90 Å². The lowest BCUT2D eigenvalue weighted by molar-refractivity contribution is -0.384. The number of nitrogens with zero attached hydrogens (tertiary/aromatic N) is 4. The van der Waals surface area contributed by atoms with E-state index in [1.54, 1.807) is 14.1 Å². The number of aromatic nitrogens is 2. The maximum absolute atomic E-state index is 11.4. The lowest BCUT2D eigenvalue weighted by atomic mass is 10.4. The van der Waals surface area contributed by atoms with E-state index in [9.17, 15) is 14.9 Å². The van der Waals surface area contributed by atoms with Gasteiger partial charge in [-0.15, -0.1) is 0 Å². The molecule has 0 aliphatic rings. The summed E-state index contributed by atoms with van der Waals surface area (Å²) in [5.74, 6) is 0.0805. The zero-order valence-electron chi connectivity index (χ0n) is 11.0. The first-order chi connectivity index (χ1) is 8.95. The fourth-order valence-electron chi connectivity index (χ4n) is 1.20.